The van der Waals surface area contributed by atoms with Crippen molar-refractivity contribution in [1.82, 2.24) is 24.7 Å². The van der Waals surface area contributed by atoms with Crippen LogP contribution in [0, 0.1) is 11.3 Å². The number of esters is 2. The monoisotopic (exact) mass is 633 g/mol. The molecule has 1 aliphatic rings. The van der Waals surface area contributed by atoms with Crippen LogP contribution in [0.1, 0.15) is 43.7 Å². The van der Waals surface area contributed by atoms with E-state index in [-0.39, 0.29) is 17.1 Å². The standard InChI is InChI=1S/C26H32N7O10P/c1-15(2)42-24(37)25(3,4)32-44(38,41-14-39-23(36)16-6-5-9-29-10-16)40-11-18-20(34)21(35)26(12-27,43-18)19-8-7-17-22(28)30-13-31-33(17)19/h5-10,13,15,18,20-21,34-35H,11,14H2,1-4H3,(H,32,38)(H2,28,30,31)/t18-,20-,21-,26+,44?/m1/s1. The maximum atomic E-state index is 13.9. The number of fused-ring (bicyclic) bond motifs is 1. The van der Waals surface area contributed by atoms with Gasteiger partial charge in [0.2, 0.25) is 12.4 Å². The number of ether oxygens (including phenoxy) is 3. The van der Waals surface area contributed by atoms with Crippen LogP contribution in [0.4, 0.5) is 5.82 Å². The number of hydrogen-bond donors (Lipinski definition) is 4. The third-order valence-electron chi connectivity index (χ3n) is 6.47. The molecule has 5 atom stereocenters. The molecule has 0 saturated carbocycles. The maximum Gasteiger partial charge on any atom is 0.409 e. The smallest absolute Gasteiger partial charge is 0.409 e. The number of aliphatic hydroxyl groups is 2. The van der Waals surface area contributed by atoms with Gasteiger partial charge in [0.1, 0.15) is 41.8 Å². The van der Waals surface area contributed by atoms with E-state index in [1.165, 1.54) is 55.0 Å². The van der Waals surface area contributed by atoms with Crippen LogP contribution in [0.15, 0.2) is 43.0 Å². The minimum atomic E-state index is -4.58. The molecule has 17 nitrogen and oxygen atoms in total. The number of pyridine rings is 1. The molecule has 44 heavy (non-hydrogen) atoms. The molecule has 0 aliphatic carbocycles. The second kappa shape index (κ2) is 12.9. The molecule has 0 spiro atoms. The highest BCUT2D eigenvalue weighted by Crippen LogP contribution is 2.48. The van der Waals surface area contributed by atoms with Gasteiger partial charge in [0.25, 0.3) is 0 Å². The summed E-state index contributed by atoms with van der Waals surface area (Å²) in [6.45, 7) is 4.35. The number of nitrogens with zero attached hydrogens (tertiary/aromatic N) is 5. The van der Waals surface area contributed by atoms with E-state index in [9.17, 15) is 29.6 Å². The number of rotatable bonds is 12. The van der Waals surface area contributed by atoms with E-state index >= 15 is 0 Å². The molecule has 5 N–H and O–H groups in total. The summed E-state index contributed by atoms with van der Waals surface area (Å²) in [5.41, 5.74) is 2.53. The molecular weight excluding hydrogens is 601 g/mol. The Labute approximate surface area is 251 Å². The molecule has 4 rings (SSSR count). The third-order valence-corrected chi connectivity index (χ3v) is 8.24. The second-order valence-corrected chi connectivity index (χ2v) is 12.2. The summed E-state index contributed by atoms with van der Waals surface area (Å²) in [5, 5.41) is 38.5. The molecule has 1 unspecified atom stereocenters. The van der Waals surface area contributed by atoms with Crippen molar-refractivity contribution in [1.29, 1.82) is 5.26 Å². The van der Waals surface area contributed by atoms with Crippen LogP contribution in [0.3, 0.4) is 0 Å². The van der Waals surface area contributed by atoms with Crippen molar-refractivity contribution in [2.45, 2.75) is 63.3 Å². The Morgan fingerprint density at radius 3 is 2.70 bits per heavy atom. The zero-order valence-corrected chi connectivity index (χ0v) is 25.1. The zero-order valence-electron chi connectivity index (χ0n) is 24.2. The summed E-state index contributed by atoms with van der Waals surface area (Å²) >= 11 is 0. The van der Waals surface area contributed by atoms with Gasteiger partial charge < -0.3 is 30.2 Å². The number of hydrogen-bond acceptors (Lipinski definition) is 15. The largest absolute Gasteiger partial charge is 0.462 e. The first kappa shape index (κ1) is 32.9. The lowest BCUT2D eigenvalue weighted by molar-refractivity contribution is -0.153. The van der Waals surface area contributed by atoms with Gasteiger partial charge in [-0.25, -0.2) is 23.9 Å². The number of carbonyl (C=O) groups is 2. The van der Waals surface area contributed by atoms with Crippen LogP contribution in [0.2, 0.25) is 0 Å². The number of nitrogens with one attached hydrogen (secondary N) is 1. The van der Waals surface area contributed by atoms with Gasteiger partial charge in [-0.15, -0.1) is 0 Å². The van der Waals surface area contributed by atoms with E-state index in [1.54, 1.807) is 13.8 Å². The fraction of sp³-hybridized carbons (Fsp3) is 0.462. The molecule has 18 heteroatoms. The van der Waals surface area contributed by atoms with Crippen molar-refractivity contribution in [2.24, 2.45) is 0 Å². The van der Waals surface area contributed by atoms with Crippen LogP contribution in [0.5, 0.6) is 0 Å². The van der Waals surface area contributed by atoms with E-state index in [4.69, 9.17) is 29.0 Å². The molecular formula is C26H32N7O10P. The van der Waals surface area contributed by atoms with Gasteiger partial charge >= 0.3 is 19.7 Å². The number of anilines is 1. The summed E-state index contributed by atoms with van der Waals surface area (Å²) in [6.07, 6.45) is -1.65. The van der Waals surface area contributed by atoms with Gasteiger partial charge in [0, 0.05) is 12.4 Å². The van der Waals surface area contributed by atoms with Gasteiger partial charge in [-0.3, -0.25) is 18.8 Å². The molecule has 1 saturated heterocycles. The Morgan fingerprint density at radius 1 is 1.30 bits per heavy atom. The highest BCUT2D eigenvalue weighted by atomic mass is 31.2. The second-order valence-electron chi connectivity index (χ2n) is 10.5. The summed E-state index contributed by atoms with van der Waals surface area (Å²) in [6, 6.07) is 7.77. The molecule has 0 bridgehead atoms. The van der Waals surface area contributed by atoms with Crippen molar-refractivity contribution in [3.8, 4) is 6.07 Å². The van der Waals surface area contributed by atoms with Crippen LogP contribution in [0.25, 0.3) is 5.52 Å². The first-order chi connectivity index (χ1) is 20.7. The average molecular weight is 634 g/mol. The van der Waals surface area contributed by atoms with E-state index in [0.717, 1.165) is 6.33 Å². The lowest BCUT2D eigenvalue weighted by Crippen LogP contribution is -2.47. The fourth-order valence-corrected chi connectivity index (χ4v) is 5.80. The zero-order chi connectivity index (χ0) is 32.3. The van der Waals surface area contributed by atoms with Gasteiger partial charge in [0.05, 0.1) is 24.0 Å². The third kappa shape index (κ3) is 6.71. The number of aliphatic hydroxyl groups excluding tert-OH is 2. The highest BCUT2D eigenvalue weighted by Gasteiger charge is 2.58. The molecule has 0 radical (unpaired) electrons. The van der Waals surface area contributed by atoms with Crippen LogP contribution >= 0.6 is 7.75 Å². The minimum absolute atomic E-state index is 0.0376. The summed E-state index contributed by atoms with van der Waals surface area (Å²) in [4.78, 5) is 32.7. The number of aromatic nitrogens is 4. The van der Waals surface area contributed by atoms with Gasteiger partial charge in [-0.05, 0) is 52.0 Å². The van der Waals surface area contributed by atoms with E-state index in [2.05, 4.69) is 20.2 Å². The molecule has 1 aliphatic heterocycles. The minimum Gasteiger partial charge on any atom is -0.462 e. The molecule has 1 fully saturated rings. The predicted octanol–water partition coefficient (Wildman–Crippen LogP) is 0.822. The van der Waals surface area contributed by atoms with Gasteiger partial charge in [-0.1, -0.05) is 0 Å². The average Bonchev–Trinajstić information content (AvgIpc) is 3.52. The van der Waals surface area contributed by atoms with Crippen LogP contribution < -0.4 is 10.8 Å². The van der Waals surface area contributed by atoms with Crippen molar-refractivity contribution < 1.29 is 47.6 Å². The summed E-state index contributed by atoms with van der Waals surface area (Å²) in [7, 11) is -4.58. The first-order valence-electron chi connectivity index (χ1n) is 13.2. The van der Waals surface area contributed by atoms with E-state index < -0.39 is 68.6 Å². The molecule has 3 aromatic heterocycles. The van der Waals surface area contributed by atoms with Crippen LogP contribution in [-0.4, -0.2) is 85.1 Å². The number of carbonyl (C=O) groups excluding carboxylic acids is 2. The predicted molar refractivity (Wildman–Crippen MR) is 149 cm³/mol. The van der Waals surface area contributed by atoms with Crippen molar-refractivity contribution in [2.75, 3.05) is 19.1 Å². The molecule has 0 amide bonds. The topological polar surface area (TPSA) is 243 Å². The Balaban J connectivity index is 1.54. The normalized spacial score (nSPS) is 23.3. The molecule has 4 heterocycles. The Kier molecular flexibility index (Phi) is 9.66. The SMILES string of the molecule is CC(C)OC(=O)C(C)(C)NP(=O)(OCOC(=O)c1cccnc1)OC[C@H]1O[C@@](C#N)(c2ccc3c(N)ncnn23)[C@H](O)[C@@H]1O. The molecule has 3 aromatic rings. The number of nitrogens with two attached hydrogens (primary N) is 1. The van der Waals surface area contributed by atoms with Crippen molar-refractivity contribution in [3.63, 3.8) is 0 Å². The number of nitriles is 1. The summed E-state index contributed by atoms with van der Waals surface area (Å²) in [5.74, 6) is -1.55. The van der Waals surface area contributed by atoms with Crippen LogP contribution in [-0.2, 0) is 38.2 Å². The Bertz CT molecular complexity index is 1590. The van der Waals surface area contributed by atoms with Gasteiger partial charge in [-0.2, -0.15) is 10.4 Å². The maximum absolute atomic E-state index is 13.9. The lowest BCUT2D eigenvalue weighted by atomic mass is 9.92. The Morgan fingerprint density at radius 2 is 2.05 bits per heavy atom. The lowest BCUT2D eigenvalue weighted by Gasteiger charge is -2.30. The fourth-order valence-electron chi connectivity index (χ4n) is 4.29. The van der Waals surface area contributed by atoms with E-state index in [1.807, 2.05) is 6.07 Å². The van der Waals surface area contributed by atoms with Crippen molar-refractivity contribution >= 4 is 31.0 Å². The Hall–Kier alpha value is -4.01. The molecule has 236 valence electrons. The first-order valence-corrected chi connectivity index (χ1v) is 14.8. The van der Waals surface area contributed by atoms with E-state index in [0.29, 0.717) is 5.52 Å². The quantitative estimate of drug-likeness (QED) is 0.123. The van der Waals surface area contributed by atoms with Gasteiger partial charge in [0.15, 0.2) is 5.82 Å². The number of nitrogen functional groups attached to an aromatic ring is 1. The summed E-state index contributed by atoms with van der Waals surface area (Å²) < 4.78 is 42.0. The highest BCUT2D eigenvalue weighted by molar-refractivity contribution is 7.51. The van der Waals surface area contributed by atoms with Crippen molar-refractivity contribution in [3.05, 3.63) is 54.2 Å². The molecule has 0 aromatic carbocycles.